The number of hydrogen-bond acceptors (Lipinski definition) is 2. The largest absolute Gasteiger partial charge is 0.416 e. The molecule has 0 bridgehead atoms. The van der Waals surface area contributed by atoms with Gasteiger partial charge in [-0.25, -0.2) is 0 Å². The summed E-state index contributed by atoms with van der Waals surface area (Å²) in [7, 11) is 0. The lowest BCUT2D eigenvalue weighted by Gasteiger charge is -2.14. The quantitative estimate of drug-likeness (QED) is 0.718. The standard InChI is InChI=1S/C14H12Cl2F3NS/c1-8(11-6-12(15)21-13(11)16)20-7-9-3-2-4-10(5-9)14(17,18)19/h2-6,8,20H,7H2,1H3. The average Bonchev–Trinajstić information content (AvgIpc) is 2.74. The first-order valence-corrected chi connectivity index (χ1v) is 7.69. The smallest absolute Gasteiger partial charge is 0.306 e. The van der Waals surface area contributed by atoms with Crippen molar-refractivity contribution in [3.05, 3.63) is 55.7 Å². The monoisotopic (exact) mass is 353 g/mol. The number of hydrogen-bond donors (Lipinski definition) is 1. The molecule has 1 atom stereocenters. The molecule has 0 aliphatic rings. The summed E-state index contributed by atoms with van der Waals surface area (Å²) < 4.78 is 39.1. The van der Waals surface area contributed by atoms with E-state index in [1.54, 1.807) is 12.1 Å². The van der Waals surface area contributed by atoms with Crippen molar-refractivity contribution >= 4 is 34.5 Å². The van der Waals surface area contributed by atoms with E-state index < -0.39 is 11.7 Å². The lowest BCUT2D eigenvalue weighted by molar-refractivity contribution is -0.137. The minimum Gasteiger partial charge on any atom is -0.306 e. The summed E-state index contributed by atoms with van der Waals surface area (Å²) in [4.78, 5) is 0. The van der Waals surface area contributed by atoms with E-state index in [2.05, 4.69) is 5.32 Å². The molecule has 21 heavy (non-hydrogen) atoms. The van der Waals surface area contributed by atoms with Crippen LogP contribution in [0, 0.1) is 0 Å². The Bertz CT molecular complexity index is 625. The van der Waals surface area contributed by atoms with Gasteiger partial charge in [0.05, 0.1) is 14.2 Å². The van der Waals surface area contributed by atoms with Gasteiger partial charge in [-0.1, -0.05) is 41.4 Å². The Hall–Kier alpha value is -0.750. The van der Waals surface area contributed by atoms with Crippen LogP contribution in [0.1, 0.15) is 29.7 Å². The maximum Gasteiger partial charge on any atom is 0.416 e. The zero-order valence-electron chi connectivity index (χ0n) is 11.0. The molecule has 114 valence electrons. The van der Waals surface area contributed by atoms with Crippen molar-refractivity contribution in [2.45, 2.75) is 25.7 Å². The predicted octanol–water partition coefficient (Wildman–Crippen LogP) is 5.92. The predicted molar refractivity (Wildman–Crippen MR) is 81.0 cm³/mol. The van der Waals surface area contributed by atoms with Crippen molar-refractivity contribution in [3.8, 4) is 0 Å². The topological polar surface area (TPSA) is 12.0 Å². The van der Waals surface area contributed by atoms with Crippen molar-refractivity contribution in [3.63, 3.8) is 0 Å². The van der Waals surface area contributed by atoms with Crippen LogP contribution in [0.4, 0.5) is 13.2 Å². The SMILES string of the molecule is CC(NCc1cccc(C(F)(F)F)c1)c1cc(Cl)sc1Cl. The Balaban J connectivity index is 2.05. The highest BCUT2D eigenvalue weighted by Gasteiger charge is 2.30. The van der Waals surface area contributed by atoms with Crippen LogP contribution in [-0.2, 0) is 12.7 Å². The fraction of sp³-hybridized carbons (Fsp3) is 0.286. The van der Waals surface area contributed by atoms with E-state index >= 15 is 0 Å². The van der Waals surface area contributed by atoms with Gasteiger partial charge in [0.15, 0.2) is 0 Å². The minimum absolute atomic E-state index is 0.101. The third-order valence-electron chi connectivity index (χ3n) is 3.02. The van der Waals surface area contributed by atoms with Crippen LogP contribution >= 0.6 is 34.5 Å². The summed E-state index contributed by atoms with van der Waals surface area (Å²) in [6, 6.07) is 6.91. The van der Waals surface area contributed by atoms with E-state index in [1.807, 2.05) is 6.92 Å². The van der Waals surface area contributed by atoms with E-state index in [-0.39, 0.29) is 6.04 Å². The molecule has 7 heteroatoms. The molecule has 0 aliphatic heterocycles. The fourth-order valence-electron chi connectivity index (χ4n) is 1.89. The summed E-state index contributed by atoms with van der Waals surface area (Å²) >= 11 is 13.2. The van der Waals surface area contributed by atoms with E-state index in [4.69, 9.17) is 23.2 Å². The molecule has 1 unspecified atom stereocenters. The molecule has 1 aromatic carbocycles. The molecule has 1 heterocycles. The van der Waals surface area contributed by atoms with Crippen LogP contribution < -0.4 is 5.32 Å². The van der Waals surface area contributed by atoms with Gasteiger partial charge in [0.25, 0.3) is 0 Å². The molecule has 0 amide bonds. The average molecular weight is 354 g/mol. The van der Waals surface area contributed by atoms with Gasteiger partial charge < -0.3 is 5.32 Å². The van der Waals surface area contributed by atoms with Gasteiger partial charge in [-0.2, -0.15) is 13.2 Å². The molecule has 2 rings (SSSR count). The number of halogens is 5. The van der Waals surface area contributed by atoms with Gasteiger partial charge in [0, 0.05) is 12.6 Å². The third-order valence-corrected chi connectivity index (χ3v) is 4.53. The van der Waals surface area contributed by atoms with E-state index in [1.165, 1.54) is 17.4 Å². The first-order chi connectivity index (χ1) is 9.77. The van der Waals surface area contributed by atoms with Crippen LogP contribution in [-0.4, -0.2) is 0 Å². The number of benzene rings is 1. The first kappa shape index (κ1) is 16.6. The maximum absolute atomic E-state index is 12.6. The highest BCUT2D eigenvalue weighted by atomic mass is 35.5. The van der Waals surface area contributed by atoms with Crippen LogP contribution in [0.2, 0.25) is 8.67 Å². The number of thiophene rings is 1. The van der Waals surface area contributed by atoms with Gasteiger partial charge in [0.2, 0.25) is 0 Å². The summed E-state index contributed by atoms with van der Waals surface area (Å²) in [5, 5.41) is 3.14. The second kappa shape index (κ2) is 6.57. The minimum atomic E-state index is -4.33. The fourth-order valence-corrected chi connectivity index (χ4v) is 3.53. The molecular weight excluding hydrogens is 342 g/mol. The third kappa shape index (κ3) is 4.36. The zero-order valence-corrected chi connectivity index (χ0v) is 13.3. The van der Waals surface area contributed by atoms with Crippen molar-refractivity contribution < 1.29 is 13.2 Å². The Kier molecular flexibility index (Phi) is 5.20. The lowest BCUT2D eigenvalue weighted by atomic mass is 10.1. The van der Waals surface area contributed by atoms with Crippen LogP contribution in [0.25, 0.3) is 0 Å². The second-order valence-corrected chi connectivity index (χ2v) is 6.87. The van der Waals surface area contributed by atoms with Gasteiger partial charge in [-0.05, 0) is 30.2 Å². The Morgan fingerprint density at radius 1 is 1.24 bits per heavy atom. The molecule has 0 saturated heterocycles. The van der Waals surface area contributed by atoms with Crippen LogP contribution in [0.5, 0.6) is 0 Å². The Morgan fingerprint density at radius 2 is 1.95 bits per heavy atom. The molecule has 0 spiro atoms. The van der Waals surface area contributed by atoms with Crippen LogP contribution in [0.15, 0.2) is 30.3 Å². The van der Waals surface area contributed by atoms with E-state index in [0.717, 1.165) is 17.7 Å². The maximum atomic E-state index is 12.6. The van der Waals surface area contributed by atoms with Crippen molar-refractivity contribution in [2.24, 2.45) is 0 Å². The Morgan fingerprint density at radius 3 is 2.52 bits per heavy atom. The molecular formula is C14H12Cl2F3NS. The number of alkyl halides is 3. The summed E-state index contributed by atoms with van der Waals surface area (Å²) in [5.41, 5.74) is 0.763. The van der Waals surface area contributed by atoms with Gasteiger partial charge in [-0.15, -0.1) is 11.3 Å². The van der Waals surface area contributed by atoms with Gasteiger partial charge in [-0.3, -0.25) is 0 Å². The molecule has 0 fully saturated rings. The van der Waals surface area contributed by atoms with Crippen molar-refractivity contribution in [1.29, 1.82) is 0 Å². The first-order valence-electron chi connectivity index (χ1n) is 6.11. The molecule has 1 N–H and O–H groups in total. The summed E-state index contributed by atoms with van der Waals surface area (Å²) in [6.45, 7) is 2.20. The summed E-state index contributed by atoms with van der Waals surface area (Å²) in [6.07, 6.45) is -4.33. The van der Waals surface area contributed by atoms with Gasteiger partial charge in [0.1, 0.15) is 0 Å². The highest BCUT2D eigenvalue weighted by molar-refractivity contribution is 7.20. The van der Waals surface area contributed by atoms with Crippen molar-refractivity contribution in [2.75, 3.05) is 0 Å². The molecule has 1 aromatic heterocycles. The van der Waals surface area contributed by atoms with Crippen molar-refractivity contribution in [1.82, 2.24) is 5.32 Å². The van der Waals surface area contributed by atoms with Crippen LogP contribution in [0.3, 0.4) is 0 Å². The highest BCUT2D eigenvalue weighted by Crippen LogP contribution is 2.35. The normalized spacial score (nSPS) is 13.4. The lowest BCUT2D eigenvalue weighted by Crippen LogP contribution is -2.18. The number of nitrogens with one attached hydrogen (secondary N) is 1. The molecule has 0 saturated carbocycles. The molecule has 0 aliphatic carbocycles. The molecule has 0 radical (unpaired) electrons. The molecule has 1 nitrogen and oxygen atoms in total. The Labute approximate surface area is 134 Å². The van der Waals surface area contributed by atoms with Gasteiger partial charge >= 0.3 is 6.18 Å². The summed E-state index contributed by atoms with van der Waals surface area (Å²) in [5.74, 6) is 0. The van der Waals surface area contributed by atoms with E-state index in [9.17, 15) is 13.2 Å². The molecule has 2 aromatic rings. The second-order valence-electron chi connectivity index (χ2n) is 4.58. The zero-order chi connectivity index (χ0) is 15.6. The number of rotatable bonds is 4. The van der Waals surface area contributed by atoms with E-state index in [0.29, 0.717) is 20.8 Å².